The van der Waals surface area contributed by atoms with Crippen LogP contribution in [0.5, 0.6) is 0 Å². The van der Waals surface area contributed by atoms with Crippen LogP contribution < -0.4 is 18.9 Å². The maximum absolute atomic E-state index is 0. The molecule has 0 nitrogen and oxygen atoms in total. The fraction of sp³-hybridized carbons (Fsp3) is 0. The van der Waals surface area contributed by atoms with Crippen molar-refractivity contribution in [2.75, 3.05) is 0 Å². The van der Waals surface area contributed by atoms with Gasteiger partial charge in [-0.1, -0.05) is 0 Å². The number of rotatable bonds is 0. The van der Waals surface area contributed by atoms with Gasteiger partial charge in [0.15, 0.2) is 0 Å². The van der Waals surface area contributed by atoms with Crippen molar-refractivity contribution < 1.29 is 104 Å². The van der Waals surface area contributed by atoms with Crippen LogP contribution >= 0.6 is 0 Å². The summed E-state index contributed by atoms with van der Waals surface area (Å²) < 4.78 is 0. The van der Waals surface area contributed by atoms with Crippen molar-refractivity contribution >= 4 is 0 Å². The summed E-state index contributed by atoms with van der Waals surface area (Å²) in [4.78, 5) is 0. The first kappa shape index (κ1) is 61.8. The van der Waals surface area contributed by atoms with Crippen molar-refractivity contribution in [3.05, 3.63) is 0 Å². The van der Waals surface area contributed by atoms with E-state index < -0.39 is 0 Å². The number of hydrogen-bond donors (Lipinski definition) is 0. The van der Waals surface area contributed by atoms with Crippen LogP contribution in [0.15, 0.2) is 0 Å². The van der Waals surface area contributed by atoms with E-state index in [0.717, 1.165) is 0 Å². The summed E-state index contributed by atoms with van der Waals surface area (Å²) in [5.41, 5.74) is 0. The molecule has 0 unspecified atom stereocenters. The predicted octanol–water partition coefficient (Wildman–Crippen LogP) is -2.90. The summed E-state index contributed by atoms with van der Waals surface area (Å²) in [5.74, 6) is 0. The van der Waals surface area contributed by atoms with Gasteiger partial charge in [0.1, 0.15) is 0 Å². The maximum Gasteiger partial charge on any atom is 1.00 e. The van der Waals surface area contributed by atoms with Crippen LogP contribution in [0.25, 0.3) is 0 Å². The van der Waals surface area contributed by atoms with E-state index in [0.29, 0.717) is 0 Å². The first-order valence-corrected chi connectivity index (χ1v) is 0. The van der Waals surface area contributed by atoms with Gasteiger partial charge in [-0.2, -0.15) is 0 Å². The van der Waals surface area contributed by atoms with Gasteiger partial charge in [0.25, 0.3) is 0 Å². The van der Waals surface area contributed by atoms with Crippen molar-refractivity contribution in [3.8, 4) is 0 Å². The topological polar surface area (TPSA) is 0 Å². The van der Waals surface area contributed by atoms with Crippen molar-refractivity contribution in [2.45, 2.75) is 0 Å². The first-order valence-electron chi connectivity index (χ1n) is 0. The molecule has 0 aromatic carbocycles. The molecule has 0 aromatic heterocycles. The molecule has 0 fully saturated rings. The van der Waals surface area contributed by atoms with Gasteiger partial charge in [0.2, 0.25) is 0 Å². The normalized spacial score (nSPS) is 0. The van der Waals surface area contributed by atoms with Crippen LogP contribution in [-0.2, 0) is 83.6 Å². The van der Waals surface area contributed by atoms with Gasteiger partial charge in [0, 0.05) is 83.6 Å². The largest absolute Gasteiger partial charge is 1.00 e. The van der Waals surface area contributed by atoms with Crippen LogP contribution in [-0.4, -0.2) is 0 Å². The van der Waals surface area contributed by atoms with Gasteiger partial charge < -0.3 is 1.43 Å². The van der Waals surface area contributed by atoms with Crippen molar-refractivity contribution in [2.24, 2.45) is 0 Å². The molecule has 0 spiro atoms. The number of hydrogen-bond acceptors (Lipinski definition) is 0. The molecule has 0 amide bonds. The Bertz CT molecular complexity index is 15.7. The minimum atomic E-state index is 0. The summed E-state index contributed by atoms with van der Waals surface area (Å²) in [5, 5.41) is 0. The average Bonchev–Trinajstić information content (AvgIpc) is 0. The van der Waals surface area contributed by atoms with Crippen LogP contribution in [0.3, 0.4) is 0 Å². The van der Waals surface area contributed by atoms with E-state index in [-0.39, 0.29) is 104 Å². The molecule has 0 saturated heterocycles. The Morgan fingerprint density at radius 2 is 0.833 bits per heavy atom. The maximum atomic E-state index is 0. The zero-order chi connectivity index (χ0) is 0. The second kappa shape index (κ2) is 42.3. The minimum Gasteiger partial charge on any atom is -1.00 e. The van der Waals surface area contributed by atoms with Gasteiger partial charge in [-0.3, -0.25) is 0 Å². The van der Waals surface area contributed by atoms with Crippen molar-refractivity contribution in [3.63, 3.8) is 0 Å². The molecule has 0 aliphatic heterocycles. The Hall–Kier alpha value is 3.12. The van der Waals surface area contributed by atoms with E-state index in [4.69, 9.17) is 0 Å². The Labute approximate surface area is 102 Å². The molecule has 0 aromatic rings. The molecule has 0 N–H and O–H groups in total. The fourth-order valence-corrected chi connectivity index (χ4v) is 0. The van der Waals surface area contributed by atoms with Crippen LogP contribution in [0, 0.1) is 0 Å². The molecular weight excluding hydrogens is 297 g/mol. The Kier molecular flexibility index (Phi) is 436. The SMILES string of the molecule is [Co].[Co].[H-].[Li+].[Mn].[Ni].[Ni]. The molecule has 0 saturated carbocycles. The molecule has 0 aliphatic carbocycles. The Morgan fingerprint density at radius 1 is 0.833 bits per heavy atom. The quantitative estimate of drug-likeness (QED) is 0.421. The Balaban J connectivity index is 0. The van der Waals surface area contributed by atoms with E-state index in [9.17, 15) is 0 Å². The van der Waals surface area contributed by atoms with Crippen molar-refractivity contribution in [1.29, 1.82) is 0 Å². The molecular formula is HCo2LiMnNi2. The standard InChI is InChI=1S/2Co.Li.Mn.2Ni.H/q;;+1;;;;-1. The molecule has 0 aliphatic rings. The fourth-order valence-electron chi connectivity index (χ4n) is 0. The molecule has 0 bridgehead atoms. The van der Waals surface area contributed by atoms with Gasteiger partial charge in [-0.25, -0.2) is 0 Å². The molecule has 3 radical (unpaired) electrons. The third-order valence-corrected chi connectivity index (χ3v) is 0. The van der Waals surface area contributed by atoms with Gasteiger partial charge in [0.05, 0.1) is 0 Å². The summed E-state index contributed by atoms with van der Waals surface area (Å²) >= 11 is 0. The third-order valence-electron chi connectivity index (χ3n) is 0. The molecule has 0 heterocycles. The predicted molar refractivity (Wildman–Crippen MR) is 1.11 cm³/mol. The second-order valence-corrected chi connectivity index (χ2v) is 0. The van der Waals surface area contributed by atoms with Gasteiger partial charge in [-0.05, 0) is 0 Å². The minimum absolute atomic E-state index is 0. The zero-order valence-electron chi connectivity index (χ0n) is 3.68. The zero-order valence-corrected chi connectivity index (χ0v) is 7.91. The van der Waals surface area contributed by atoms with Gasteiger partial charge >= 0.3 is 18.9 Å². The summed E-state index contributed by atoms with van der Waals surface area (Å²) in [6, 6.07) is 0. The van der Waals surface area contributed by atoms with E-state index in [1.807, 2.05) is 0 Å². The molecule has 47 valence electrons. The third kappa shape index (κ3) is 27.4. The smallest absolute Gasteiger partial charge is 1.00 e. The Morgan fingerprint density at radius 3 is 0.833 bits per heavy atom. The van der Waals surface area contributed by atoms with E-state index in [2.05, 4.69) is 0 Å². The molecule has 0 atom stereocenters. The molecule has 6 heteroatoms. The van der Waals surface area contributed by atoms with E-state index >= 15 is 0 Å². The van der Waals surface area contributed by atoms with Crippen LogP contribution in [0.4, 0.5) is 0 Å². The van der Waals surface area contributed by atoms with Gasteiger partial charge in [-0.15, -0.1) is 0 Å². The summed E-state index contributed by atoms with van der Waals surface area (Å²) in [7, 11) is 0. The van der Waals surface area contributed by atoms with Crippen molar-refractivity contribution in [1.82, 2.24) is 0 Å². The average molecular weight is 298 g/mol. The summed E-state index contributed by atoms with van der Waals surface area (Å²) in [6.07, 6.45) is 0. The van der Waals surface area contributed by atoms with E-state index in [1.165, 1.54) is 0 Å². The monoisotopic (exact) mass is 297 g/mol. The molecule has 6 heavy (non-hydrogen) atoms. The second-order valence-electron chi connectivity index (χ2n) is 0. The summed E-state index contributed by atoms with van der Waals surface area (Å²) in [6.45, 7) is 0. The van der Waals surface area contributed by atoms with Crippen LogP contribution in [0.1, 0.15) is 1.43 Å². The molecule has 0 rings (SSSR count). The van der Waals surface area contributed by atoms with E-state index in [1.54, 1.807) is 0 Å². The first-order chi connectivity index (χ1) is 0. The van der Waals surface area contributed by atoms with Crippen LogP contribution in [0.2, 0.25) is 0 Å².